The first-order chi connectivity index (χ1) is 9.21. The predicted octanol–water partition coefficient (Wildman–Crippen LogP) is 2.31. The fourth-order valence-electron chi connectivity index (χ4n) is 1.66. The lowest BCUT2D eigenvalue weighted by atomic mass is 10.2. The third kappa shape index (κ3) is 2.29. The van der Waals surface area contributed by atoms with Gasteiger partial charge in [-0.15, -0.1) is 0 Å². The molecule has 0 aliphatic heterocycles. The van der Waals surface area contributed by atoms with Crippen LogP contribution in [0.25, 0.3) is 5.69 Å². The van der Waals surface area contributed by atoms with Gasteiger partial charge in [-0.25, -0.2) is 13.9 Å². The third-order valence-corrected chi connectivity index (χ3v) is 2.46. The van der Waals surface area contributed by atoms with E-state index in [1.165, 1.54) is 12.1 Å². The van der Waals surface area contributed by atoms with Gasteiger partial charge in [0, 0.05) is 0 Å². The highest BCUT2D eigenvalue weighted by atomic mass is 19.4. The van der Waals surface area contributed by atoms with Crippen LogP contribution in [0.15, 0.2) is 24.3 Å². The van der Waals surface area contributed by atoms with Crippen LogP contribution in [0.2, 0.25) is 0 Å². The first kappa shape index (κ1) is 13.8. The van der Waals surface area contributed by atoms with Gasteiger partial charge in [-0.05, 0) is 18.2 Å². The summed E-state index contributed by atoms with van der Waals surface area (Å²) in [5, 5.41) is 12.1. The van der Waals surface area contributed by atoms with Gasteiger partial charge in [0.25, 0.3) is 0 Å². The number of halogens is 4. The Hall–Kier alpha value is -2.58. The van der Waals surface area contributed by atoms with Gasteiger partial charge >= 0.3 is 12.1 Å². The molecule has 0 saturated carbocycles. The van der Waals surface area contributed by atoms with Crippen LogP contribution in [0, 0.1) is 5.82 Å². The molecule has 1 aromatic heterocycles. The average molecular weight is 289 g/mol. The van der Waals surface area contributed by atoms with Gasteiger partial charge in [0.05, 0.1) is 5.69 Å². The van der Waals surface area contributed by atoms with Crippen molar-refractivity contribution in [1.82, 2.24) is 9.78 Å². The quantitative estimate of drug-likeness (QED) is 0.831. The van der Waals surface area contributed by atoms with Crippen molar-refractivity contribution in [3.63, 3.8) is 0 Å². The van der Waals surface area contributed by atoms with Crippen LogP contribution in [0.1, 0.15) is 16.1 Å². The number of benzene rings is 1. The number of anilines is 1. The molecule has 0 spiro atoms. The second-order valence-corrected chi connectivity index (χ2v) is 3.80. The molecule has 0 atom stereocenters. The smallest absolute Gasteiger partial charge is 0.422 e. The zero-order valence-corrected chi connectivity index (χ0v) is 9.65. The summed E-state index contributed by atoms with van der Waals surface area (Å²) in [6.07, 6.45) is -4.98. The predicted molar refractivity (Wildman–Crippen MR) is 59.9 cm³/mol. The Balaban J connectivity index is 2.71. The zero-order chi connectivity index (χ0) is 15.1. The van der Waals surface area contributed by atoms with Gasteiger partial charge in [0.15, 0.2) is 5.69 Å². The summed E-state index contributed by atoms with van der Waals surface area (Å²) >= 11 is 0. The Morgan fingerprint density at radius 1 is 1.35 bits per heavy atom. The van der Waals surface area contributed by atoms with Crippen molar-refractivity contribution in [2.45, 2.75) is 6.18 Å². The molecule has 2 aromatic rings. The van der Waals surface area contributed by atoms with E-state index >= 15 is 0 Å². The SMILES string of the molecule is Nc1c(C(F)(F)F)c(C(=O)O)nn1-c1cccc(F)c1. The van der Waals surface area contributed by atoms with Crippen molar-refractivity contribution in [3.8, 4) is 5.69 Å². The fourth-order valence-corrected chi connectivity index (χ4v) is 1.66. The van der Waals surface area contributed by atoms with E-state index in [9.17, 15) is 22.4 Å². The van der Waals surface area contributed by atoms with Gasteiger partial charge < -0.3 is 10.8 Å². The van der Waals surface area contributed by atoms with Crippen LogP contribution < -0.4 is 5.73 Å². The lowest BCUT2D eigenvalue weighted by Crippen LogP contribution is -2.13. The molecule has 0 saturated heterocycles. The van der Waals surface area contributed by atoms with Gasteiger partial charge in [0.2, 0.25) is 0 Å². The number of nitrogens with zero attached hydrogens (tertiary/aromatic N) is 2. The van der Waals surface area contributed by atoms with Crippen LogP contribution in [0.4, 0.5) is 23.4 Å². The Bertz CT molecular complexity index is 679. The van der Waals surface area contributed by atoms with E-state index in [-0.39, 0.29) is 5.69 Å². The molecule has 0 unspecified atom stereocenters. The number of nitrogens with two attached hydrogens (primary N) is 1. The number of nitrogen functional groups attached to an aromatic ring is 1. The number of hydrogen-bond acceptors (Lipinski definition) is 3. The van der Waals surface area contributed by atoms with E-state index in [2.05, 4.69) is 5.10 Å². The molecule has 2 rings (SSSR count). The lowest BCUT2D eigenvalue weighted by molar-refractivity contribution is -0.137. The number of aromatic carboxylic acids is 1. The molecule has 1 aromatic carbocycles. The van der Waals surface area contributed by atoms with E-state index in [4.69, 9.17) is 10.8 Å². The minimum atomic E-state index is -4.98. The summed E-state index contributed by atoms with van der Waals surface area (Å²) in [5.74, 6) is -3.51. The molecule has 3 N–H and O–H groups in total. The van der Waals surface area contributed by atoms with Crippen molar-refractivity contribution in [3.05, 3.63) is 41.3 Å². The third-order valence-electron chi connectivity index (χ3n) is 2.46. The highest BCUT2D eigenvalue weighted by Crippen LogP contribution is 2.37. The van der Waals surface area contributed by atoms with Crippen molar-refractivity contribution in [1.29, 1.82) is 0 Å². The highest BCUT2D eigenvalue weighted by molar-refractivity contribution is 5.89. The van der Waals surface area contributed by atoms with Gasteiger partial charge in [-0.3, -0.25) is 0 Å². The lowest BCUT2D eigenvalue weighted by Gasteiger charge is -2.07. The molecule has 9 heteroatoms. The molecule has 0 aliphatic carbocycles. The number of alkyl halides is 3. The van der Waals surface area contributed by atoms with E-state index in [0.29, 0.717) is 4.68 Å². The van der Waals surface area contributed by atoms with Crippen molar-refractivity contribution in [2.75, 3.05) is 5.73 Å². The maximum Gasteiger partial charge on any atom is 0.422 e. The first-order valence-corrected chi connectivity index (χ1v) is 5.16. The van der Waals surface area contributed by atoms with Gasteiger partial charge in [-0.2, -0.15) is 18.3 Å². The molecule has 0 bridgehead atoms. The number of aromatic nitrogens is 2. The van der Waals surface area contributed by atoms with Crippen LogP contribution in [-0.2, 0) is 6.18 Å². The van der Waals surface area contributed by atoms with Crippen molar-refractivity contribution in [2.24, 2.45) is 0 Å². The molecule has 5 nitrogen and oxygen atoms in total. The Kier molecular flexibility index (Phi) is 3.12. The molecule has 0 radical (unpaired) electrons. The molecule has 0 aliphatic rings. The fraction of sp³-hybridized carbons (Fsp3) is 0.0909. The number of carboxylic acid groups (broad SMARTS) is 1. The number of rotatable bonds is 2. The maximum absolute atomic E-state index is 13.1. The van der Waals surface area contributed by atoms with E-state index < -0.39 is 35.0 Å². The van der Waals surface area contributed by atoms with Gasteiger partial charge in [-0.1, -0.05) is 6.07 Å². The summed E-state index contributed by atoms with van der Waals surface area (Å²) < 4.78 is 52.0. The summed E-state index contributed by atoms with van der Waals surface area (Å²) in [7, 11) is 0. The van der Waals surface area contributed by atoms with Crippen LogP contribution >= 0.6 is 0 Å². The van der Waals surface area contributed by atoms with Crippen molar-refractivity contribution < 1.29 is 27.5 Å². The molecular weight excluding hydrogens is 282 g/mol. The van der Waals surface area contributed by atoms with Gasteiger partial charge in [0.1, 0.15) is 17.2 Å². The van der Waals surface area contributed by atoms with Crippen molar-refractivity contribution >= 4 is 11.8 Å². The standard InChI is InChI=1S/C11H7F4N3O2/c12-5-2-1-3-6(4-5)18-9(16)7(11(13,14)15)8(17-18)10(19)20/h1-4H,16H2,(H,19,20). The highest BCUT2D eigenvalue weighted by Gasteiger charge is 2.41. The summed E-state index contributed by atoms with van der Waals surface area (Å²) in [4.78, 5) is 10.8. The Morgan fingerprint density at radius 3 is 2.45 bits per heavy atom. The average Bonchev–Trinajstić information content (AvgIpc) is 2.66. The molecule has 1 heterocycles. The topological polar surface area (TPSA) is 81.1 Å². The molecule has 0 fully saturated rings. The maximum atomic E-state index is 13.1. The summed E-state index contributed by atoms with van der Waals surface area (Å²) in [6.45, 7) is 0. The number of hydrogen-bond donors (Lipinski definition) is 2. The van der Waals surface area contributed by atoms with Crippen LogP contribution in [-0.4, -0.2) is 20.9 Å². The Morgan fingerprint density at radius 2 is 2.00 bits per heavy atom. The number of carbonyl (C=O) groups is 1. The monoisotopic (exact) mass is 289 g/mol. The molecule has 20 heavy (non-hydrogen) atoms. The zero-order valence-electron chi connectivity index (χ0n) is 9.65. The van der Waals surface area contributed by atoms with E-state index in [1.807, 2.05) is 0 Å². The Labute approximate surface area is 109 Å². The second kappa shape index (κ2) is 4.51. The molecule has 106 valence electrons. The molecule has 0 amide bonds. The second-order valence-electron chi connectivity index (χ2n) is 3.80. The van der Waals surface area contributed by atoms with E-state index in [1.54, 1.807) is 0 Å². The van der Waals surface area contributed by atoms with Crippen LogP contribution in [0.3, 0.4) is 0 Å². The summed E-state index contributed by atoms with van der Waals surface area (Å²) in [6, 6.07) is 4.44. The van der Waals surface area contributed by atoms with Crippen LogP contribution in [0.5, 0.6) is 0 Å². The minimum absolute atomic E-state index is 0.111. The largest absolute Gasteiger partial charge is 0.476 e. The number of carboxylic acids is 1. The van der Waals surface area contributed by atoms with E-state index in [0.717, 1.165) is 12.1 Å². The molecular formula is C11H7F4N3O2. The minimum Gasteiger partial charge on any atom is -0.476 e. The first-order valence-electron chi connectivity index (χ1n) is 5.16. The normalized spacial score (nSPS) is 11.6. The summed E-state index contributed by atoms with van der Waals surface area (Å²) in [5.41, 5.74) is 2.40.